The van der Waals surface area contributed by atoms with Crippen molar-refractivity contribution in [2.45, 2.75) is 19.4 Å². The van der Waals surface area contributed by atoms with Crippen LogP contribution in [0.1, 0.15) is 28.8 Å². The Morgan fingerprint density at radius 1 is 0.971 bits per heavy atom. The Hall–Kier alpha value is -4.07. The number of hydrogen-bond donors (Lipinski definition) is 3. The minimum atomic E-state index is -0.512. The zero-order valence-electron chi connectivity index (χ0n) is 18.9. The summed E-state index contributed by atoms with van der Waals surface area (Å²) < 4.78 is 18.6. The zero-order chi connectivity index (χ0) is 23.9. The number of anilines is 3. The Bertz CT molecular complexity index is 1160. The van der Waals surface area contributed by atoms with E-state index in [1.54, 1.807) is 25.3 Å². The van der Waals surface area contributed by atoms with Crippen LogP contribution < -0.4 is 25.6 Å². The van der Waals surface area contributed by atoms with Crippen LogP contribution >= 0.6 is 0 Å². The molecule has 0 spiro atoms. The molecule has 4 rings (SSSR count). The van der Waals surface area contributed by atoms with Crippen molar-refractivity contribution in [1.29, 1.82) is 0 Å². The molecule has 7 nitrogen and oxygen atoms in total. The maximum atomic E-state index is 13.5. The van der Waals surface area contributed by atoms with Crippen molar-refractivity contribution in [2.24, 2.45) is 0 Å². The van der Waals surface area contributed by atoms with Crippen molar-refractivity contribution in [3.63, 3.8) is 0 Å². The van der Waals surface area contributed by atoms with Crippen LogP contribution in [0.3, 0.4) is 0 Å². The van der Waals surface area contributed by atoms with Crippen LogP contribution in [0.15, 0.2) is 66.7 Å². The van der Waals surface area contributed by atoms with E-state index in [0.29, 0.717) is 23.5 Å². The van der Waals surface area contributed by atoms with Gasteiger partial charge in [-0.1, -0.05) is 18.2 Å². The van der Waals surface area contributed by atoms with Gasteiger partial charge < -0.3 is 25.6 Å². The van der Waals surface area contributed by atoms with Crippen molar-refractivity contribution in [1.82, 2.24) is 5.32 Å². The number of hydrogen-bond acceptors (Lipinski definition) is 4. The average molecular weight is 463 g/mol. The number of rotatable bonds is 7. The van der Waals surface area contributed by atoms with Gasteiger partial charge in [-0.15, -0.1) is 0 Å². The molecule has 3 aromatic carbocycles. The van der Waals surface area contributed by atoms with Gasteiger partial charge in [-0.3, -0.25) is 4.79 Å². The SMILES string of the molecule is COc1ccc(CNC(=O)c2ccc(N3CCCC3)c(NC(=O)Nc3cccc(F)c3)c2)cc1. The Balaban J connectivity index is 1.48. The molecule has 0 aromatic heterocycles. The maximum absolute atomic E-state index is 13.5. The Kier molecular flexibility index (Phi) is 7.27. The molecule has 0 aliphatic carbocycles. The summed E-state index contributed by atoms with van der Waals surface area (Å²) in [5.41, 5.74) is 3.08. The first-order chi connectivity index (χ1) is 16.5. The normalized spacial score (nSPS) is 12.8. The maximum Gasteiger partial charge on any atom is 0.323 e. The summed E-state index contributed by atoms with van der Waals surface area (Å²) in [4.78, 5) is 27.6. The first-order valence-electron chi connectivity index (χ1n) is 11.2. The highest BCUT2D eigenvalue weighted by atomic mass is 19.1. The van der Waals surface area contributed by atoms with E-state index in [1.807, 2.05) is 30.3 Å². The summed E-state index contributed by atoms with van der Waals surface area (Å²) in [6, 6.07) is 17.9. The molecule has 34 heavy (non-hydrogen) atoms. The molecule has 3 aromatic rings. The third-order valence-corrected chi connectivity index (χ3v) is 5.65. The van der Waals surface area contributed by atoms with E-state index in [2.05, 4.69) is 20.9 Å². The highest BCUT2D eigenvalue weighted by Gasteiger charge is 2.19. The first kappa shape index (κ1) is 23.1. The van der Waals surface area contributed by atoms with Crippen LogP contribution in [0.2, 0.25) is 0 Å². The predicted molar refractivity (Wildman–Crippen MR) is 131 cm³/mol. The lowest BCUT2D eigenvalue weighted by Gasteiger charge is -2.22. The molecule has 0 bridgehead atoms. The summed E-state index contributed by atoms with van der Waals surface area (Å²) >= 11 is 0. The molecule has 1 fully saturated rings. The molecule has 1 aliphatic rings. The summed E-state index contributed by atoms with van der Waals surface area (Å²) in [5.74, 6) is 0.0586. The highest BCUT2D eigenvalue weighted by molar-refractivity contribution is 6.04. The fourth-order valence-corrected chi connectivity index (χ4v) is 3.89. The van der Waals surface area contributed by atoms with E-state index in [4.69, 9.17) is 4.74 Å². The number of methoxy groups -OCH3 is 1. The van der Waals surface area contributed by atoms with Crippen molar-refractivity contribution < 1.29 is 18.7 Å². The van der Waals surface area contributed by atoms with Crippen molar-refractivity contribution in [3.8, 4) is 5.75 Å². The van der Waals surface area contributed by atoms with Gasteiger partial charge in [-0.05, 0) is 66.9 Å². The first-order valence-corrected chi connectivity index (χ1v) is 11.2. The number of amides is 3. The van der Waals surface area contributed by atoms with Crippen molar-refractivity contribution >= 4 is 29.0 Å². The van der Waals surface area contributed by atoms with Gasteiger partial charge in [0.05, 0.1) is 18.5 Å². The van der Waals surface area contributed by atoms with Gasteiger partial charge >= 0.3 is 6.03 Å². The Morgan fingerprint density at radius 2 is 1.74 bits per heavy atom. The standard InChI is InChI=1S/C26H27FN4O3/c1-34-22-10-7-18(8-11-22)17-28-25(32)19-9-12-24(31-13-2-3-14-31)23(15-19)30-26(33)29-21-6-4-5-20(27)16-21/h4-12,15-16H,2-3,13-14,17H2,1H3,(H,28,32)(H2,29,30,33). The van der Waals surface area contributed by atoms with Crippen LogP contribution in [0, 0.1) is 5.82 Å². The van der Waals surface area contributed by atoms with Gasteiger partial charge in [-0.2, -0.15) is 0 Å². The molecule has 0 radical (unpaired) electrons. The third-order valence-electron chi connectivity index (χ3n) is 5.65. The lowest BCUT2D eigenvalue weighted by molar-refractivity contribution is 0.0951. The smallest absolute Gasteiger partial charge is 0.323 e. The average Bonchev–Trinajstić information content (AvgIpc) is 3.37. The number of halogens is 1. The van der Waals surface area contributed by atoms with Crippen LogP contribution in [0.25, 0.3) is 0 Å². The molecular formula is C26H27FN4O3. The van der Waals surface area contributed by atoms with Crippen LogP contribution in [0.4, 0.5) is 26.2 Å². The van der Waals surface area contributed by atoms with Gasteiger partial charge in [0.2, 0.25) is 0 Å². The van der Waals surface area contributed by atoms with E-state index >= 15 is 0 Å². The van der Waals surface area contributed by atoms with E-state index in [1.165, 1.54) is 18.2 Å². The lowest BCUT2D eigenvalue weighted by Crippen LogP contribution is -2.26. The Morgan fingerprint density at radius 3 is 2.44 bits per heavy atom. The van der Waals surface area contributed by atoms with Gasteiger partial charge in [-0.25, -0.2) is 9.18 Å². The number of nitrogens with zero attached hydrogens (tertiary/aromatic N) is 1. The second kappa shape index (κ2) is 10.7. The van der Waals surface area contributed by atoms with Gasteiger partial charge in [0, 0.05) is 30.9 Å². The fraction of sp³-hybridized carbons (Fsp3) is 0.231. The third kappa shape index (κ3) is 5.83. The van der Waals surface area contributed by atoms with Crippen molar-refractivity contribution in [3.05, 3.63) is 83.7 Å². The number of nitrogens with one attached hydrogen (secondary N) is 3. The number of carbonyl (C=O) groups is 2. The predicted octanol–water partition coefficient (Wildman–Crippen LogP) is 5.01. The molecule has 0 saturated carbocycles. The van der Waals surface area contributed by atoms with Gasteiger partial charge in [0.15, 0.2) is 0 Å². The number of ether oxygens (including phenoxy) is 1. The largest absolute Gasteiger partial charge is 0.497 e. The van der Waals surface area contributed by atoms with Crippen LogP contribution in [-0.2, 0) is 6.54 Å². The molecule has 1 heterocycles. The van der Waals surface area contributed by atoms with Crippen LogP contribution in [-0.4, -0.2) is 32.1 Å². The monoisotopic (exact) mass is 462 g/mol. The van der Waals surface area contributed by atoms with Crippen molar-refractivity contribution in [2.75, 3.05) is 35.7 Å². The molecule has 0 unspecified atom stereocenters. The van der Waals surface area contributed by atoms with E-state index in [0.717, 1.165) is 42.9 Å². The molecule has 8 heteroatoms. The molecule has 176 valence electrons. The van der Waals surface area contributed by atoms with Gasteiger partial charge in [0.25, 0.3) is 5.91 Å². The Labute approximate surface area is 197 Å². The minimum absolute atomic E-state index is 0.252. The number of carbonyl (C=O) groups excluding carboxylic acids is 2. The molecular weight excluding hydrogens is 435 g/mol. The van der Waals surface area contributed by atoms with E-state index < -0.39 is 11.8 Å². The topological polar surface area (TPSA) is 82.7 Å². The fourth-order valence-electron chi connectivity index (χ4n) is 3.89. The second-order valence-corrected chi connectivity index (χ2v) is 8.05. The van der Waals surface area contributed by atoms with E-state index in [9.17, 15) is 14.0 Å². The minimum Gasteiger partial charge on any atom is -0.497 e. The number of benzene rings is 3. The summed E-state index contributed by atoms with van der Waals surface area (Å²) in [7, 11) is 1.60. The molecule has 1 saturated heterocycles. The quantitative estimate of drug-likeness (QED) is 0.461. The second-order valence-electron chi connectivity index (χ2n) is 8.05. The molecule has 1 aliphatic heterocycles. The van der Waals surface area contributed by atoms with E-state index in [-0.39, 0.29) is 5.91 Å². The lowest BCUT2D eigenvalue weighted by atomic mass is 10.1. The highest BCUT2D eigenvalue weighted by Crippen LogP contribution is 2.30. The molecule has 0 atom stereocenters. The summed E-state index contributed by atoms with van der Waals surface area (Å²) in [6.07, 6.45) is 2.14. The summed E-state index contributed by atoms with van der Waals surface area (Å²) in [6.45, 7) is 2.12. The number of urea groups is 1. The zero-order valence-corrected chi connectivity index (χ0v) is 18.9. The molecule has 3 amide bonds. The molecule has 3 N–H and O–H groups in total. The van der Waals surface area contributed by atoms with Gasteiger partial charge in [0.1, 0.15) is 11.6 Å². The summed E-state index contributed by atoms with van der Waals surface area (Å²) in [5, 5.41) is 8.37. The van der Waals surface area contributed by atoms with Crippen LogP contribution in [0.5, 0.6) is 5.75 Å².